The van der Waals surface area contributed by atoms with Crippen LogP contribution in [0.4, 0.5) is 4.79 Å². The maximum absolute atomic E-state index is 12.2. The number of rotatable bonds is 1. The van der Waals surface area contributed by atoms with Crippen LogP contribution in [0.15, 0.2) is 18.2 Å². The van der Waals surface area contributed by atoms with Crippen molar-refractivity contribution in [1.82, 2.24) is 9.55 Å². The minimum absolute atomic E-state index is 0.131. The zero-order valence-corrected chi connectivity index (χ0v) is 11.8. The minimum atomic E-state index is -1.03. The van der Waals surface area contributed by atoms with E-state index in [1.54, 1.807) is 33.8 Å². The molecule has 0 aliphatic carbocycles. The largest absolute Gasteiger partial charge is 0.478 e. The molecule has 0 atom stereocenters. The maximum atomic E-state index is 12.2. The molecule has 0 radical (unpaired) electrons. The van der Waals surface area contributed by atoms with E-state index in [1.165, 1.54) is 16.7 Å². The summed E-state index contributed by atoms with van der Waals surface area (Å²) in [6.07, 6.45) is -0.527. The predicted octanol–water partition coefficient (Wildman–Crippen LogP) is 2.83. The zero-order valence-electron chi connectivity index (χ0n) is 11.8. The van der Waals surface area contributed by atoms with Crippen LogP contribution in [0, 0.1) is 6.92 Å². The molecule has 1 aromatic heterocycles. The van der Waals surface area contributed by atoms with E-state index >= 15 is 0 Å². The van der Waals surface area contributed by atoms with Crippen molar-refractivity contribution in [1.29, 1.82) is 0 Å². The van der Waals surface area contributed by atoms with Gasteiger partial charge in [-0.3, -0.25) is 0 Å². The summed E-state index contributed by atoms with van der Waals surface area (Å²) < 4.78 is 6.66. The third kappa shape index (κ3) is 2.64. The average molecular weight is 276 g/mol. The highest BCUT2D eigenvalue weighted by molar-refractivity contribution is 5.94. The van der Waals surface area contributed by atoms with E-state index in [9.17, 15) is 9.59 Å². The SMILES string of the molecule is Cc1nc2cc(C(=O)O)ccc2n1C(=O)OC(C)(C)C. The Morgan fingerprint density at radius 3 is 2.50 bits per heavy atom. The first-order valence-corrected chi connectivity index (χ1v) is 6.15. The number of aryl methyl sites for hydroxylation is 1. The first-order chi connectivity index (χ1) is 9.19. The molecule has 1 N–H and O–H groups in total. The van der Waals surface area contributed by atoms with Crippen molar-refractivity contribution >= 4 is 23.1 Å². The lowest BCUT2D eigenvalue weighted by Gasteiger charge is -2.20. The van der Waals surface area contributed by atoms with Gasteiger partial charge >= 0.3 is 12.1 Å². The van der Waals surface area contributed by atoms with Crippen LogP contribution in [0.2, 0.25) is 0 Å². The molecule has 0 saturated heterocycles. The summed E-state index contributed by atoms with van der Waals surface area (Å²) in [6.45, 7) is 7.01. The Morgan fingerprint density at radius 2 is 1.95 bits per heavy atom. The summed E-state index contributed by atoms with van der Waals surface area (Å²) in [5.74, 6) is -0.576. The fourth-order valence-corrected chi connectivity index (χ4v) is 1.87. The number of carbonyl (C=O) groups is 2. The molecule has 20 heavy (non-hydrogen) atoms. The average Bonchev–Trinajstić information content (AvgIpc) is 2.61. The Balaban J connectivity index is 2.52. The molecule has 6 heteroatoms. The number of hydrogen-bond acceptors (Lipinski definition) is 4. The van der Waals surface area contributed by atoms with E-state index in [0.29, 0.717) is 16.9 Å². The molecule has 0 fully saturated rings. The molecule has 2 aromatic rings. The maximum Gasteiger partial charge on any atom is 0.420 e. The fraction of sp³-hybridized carbons (Fsp3) is 0.357. The molecular weight excluding hydrogens is 260 g/mol. The fourth-order valence-electron chi connectivity index (χ4n) is 1.87. The Hall–Kier alpha value is -2.37. The zero-order chi connectivity index (χ0) is 15.1. The Kier molecular flexibility index (Phi) is 3.25. The summed E-state index contributed by atoms with van der Waals surface area (Å²) in [5, 5.41) is 8.96. The van der Waals surface area contributed by atoms with Crippen LogP contribution in [0.3, 0.4) is 0 Å². The van der Waals surface area contributed by atoms with Crippen LogP contribution in [-0.4, -0.2) is 32.3 Å². The van der Waals surface area contributed by atoms with Crippen LogP contribution in [-0.2, 0) is 4.74 Å². The summed E-state index contributed by atoms with van der Waals surface area (Å²) >= 11 is 0. The number of carboxylic acids is 1. The summed E-state index contributed by atoms with van der Waals surface area (Å²) in [7, 11) is 0. The van der Waals surface area contributed by atoms with Gasteiger partial charge in [0.1, 0.15) is 11.4 Å². The quantitative estimate of drug-likeness (QED) is 0.866. The van der Waals surface area contributed by atoms with Crippen molar-refractivity contribution in [2.24, 2.45) is 0 Å². The number of nitrogens with zero attached hydrogens (tertiary/aromatic N) is 2. The van der Waals surface area contributed by atoms with Crippen LogP contribution >= 0.6 is 0 Å². The van der Waals surface area contributed by atoms with Gasteiger partial charge in [-0.15, -0.1) is 0 Å². The lowest BCUT2D eigenvalue weighted by molar-refractivity contribution is 0.0540. The summed E-state index contributed by atoms with van der Waals surface area (Å²) in [5.41, 5.74) is 0.502. The topological polar surface area (TPSA) is 81.4 Å². The summed E-state index contributed by atoms with van der Waals surface area (Å²) in [6, 6.07) is 4.43. The van der Waals surface area contributed by atoms with Gasteiger partial charge < -0.3 is 9.84 Å². The van der Waals surface area contributed by atoms with E-state index in [0.717, 1.165) is 0 Å². The minimum Gasteiger partial charge on any atom is -0.478 e. The van der Waals surface area contributed by atoms with Gasteiger partial charge in [-0.2, -0.15) is 0 Å². The van der Waals surface area contributed by atoms with Crippen LogP contribution in [0.5, 0.6) is 0 Å². The Labute approximate surface area is 116 Å². The van der Waals surface area contributed by atoms with Gasteiger partial charge in [0, 0.05) is 0 Å². The van der Waals surface area contributed by atoms with Gasteiger partial charge in [-0.25, -0.2) is 19.1 Å². The second-order valence-electron chi connectivity index (χ2n) is 5.48. The molecule has 0 saturated carbocycles. The van der Waals surface area contributed by atoms with Gasteiger partial charge in [0.05, 0.1) is 16.6 Å². The van der Waals surface area contributed by atoms with E-state index < -0.39 is 17.7 Å². The molecule has 1 heterocycles. The van der Waals surface area contributed by atoms with Gasteiger partial charge in [-0.05, 0) is 45.9 Å². The van der Waals surface area contributed by atoms with Crippen molar-refractivity contribution in [3.63, 3.8) is 0 Å². The van der Waals surface area contributed by atoms with E-state index in [2.05, 4.69) is 4.98 Å². The number of fused-ring (bicyclic) bond motifs is 1. The number of benzene rings is 1. The molecule has 0 aliphatic rings. The monoisotopic (exact) mass is 276 g/mol. The number of aromatic nitrogens is 2. The third-order valence-electron chi connectivity index (χ3n) is 2.65. The molecule has 0 aliphatic heterocycles. The first-order valence-electron chi connectivity index (χ1n) is 6.15. The number of imidazole rings is 1. The molecule has 0 amide bonds. The van der Waals surface area contributed by atoms with Crippen molar-refractivity contribution in [2.75, 3.05) is 0 Å². The molecule has 106 valence electrons. The van der Waals surface area contributed by atoms with Gasteiger partial charge in [0.15, 0.2) is 0 Å². The second kappa shape index (κ2) is 4.63. The highest BCUT2D eigenvalue weighted by atomic mass is 16.6. The van der Waals surface area contributed by atoms with E-state index in [4.69, 9.17) is 9.84 Å². The van der Waals surface area contributed by atoms with Crippen molar-refractivity contribution in [3.8, 4) is 0 Å². The Morgan fingerprint density at radius 1 is 1.30 bits per heavy atom. The van der Waals surface area contributed by atoms with Gasteiger partial charge in [-0.1, -0.05) is 0 Å². The second-order valence-corrected chi connectivity index (χ2v) is 5.48. The number of carbonyl (C=O) groups excluding carboxylic acids is 1. The molecule has 0 bridgehead atoms. The van der Waals surface area contributed by atoms with Crippen LogP contribution < -0.4 is 0 Å². The lowest BCUT2D eigenvalue weighted by atomic mass is 10.2. The third-order valence-corrected chi connectivity index (χ3v) is 2.65. The molecule has 6 nitrogen and oxygen atoms in total. The van der Waals surface area contributed by atoms with E-state index in [-0.39, 0.29) is 5.56 Å². The number of ether oxygens (including phenoxy) is 1. The van der Waals surface area contributed by atoms with Crippen molar-refractivity contribution in [2.45, 2.75) is 33.3 Å². The molecule has 0 unspecified atom stereocenters. The summed E-state index contributed by atoms with van der Waals surface area (Å²) in [4.78, 5) is 27.3. The Bertz CT molecular complexity index is 695. The lowest BCUT2D eigenvalue weighted by Crippen LogP contribution is -2.27. The van der Waals surface area contributed by atoms with Crippen LogP contribution in [0.25, 0.3) is 11.0 Å². The van der Waals surface area contributed by atoms with E-state index in [1.807, 2.05) is 0 Å². The molecule has 2 rings (SSSR count). The highest BCUT2D eigenvalue weighted by Gasteiger charge is 2.22. The number of hydrogen-bond donors (Lipinski definition) is 1. The predicted molar refractivity (Wildman–Crippen MR) is 73.1 cm³/mol. The number of carboxylic acid groups (broad SMARTS) is 1. The molecular formula is C14H16N2O4. The van der Waals surface area contributed by atoms with Crippen molar-refractivity contribution < 1.29 is 19.4 Å². The van der Waals surface area contributed by atoms with Crippen LogP contribution in [0.1, 0.15) is 37.0 Å². The van der Waals surface area contributed by atoms with Gasteiger partial charge in [0.2, 0.25) is 0 Å². The van der Waals surface area contributed by atoms with Gasteiger partial charge in [0.25, 0.3) is 0 Å². The first kappa shape index (κ1) is 14.0. The standard InChI is InChI=1S/C14H16N2O4/c1-8-15-10-7-9(12(17)18)5-6-11(10)16(8)13(19)20-14(2,3)4/h5-7H,1-4H3,(H,17,18). The number of aromatic carboxylic acids is 1. The normalized spacial score (nSPS) is 11.6. The smallest absolute Gasteiger partial charge is 0.420 e. The molecule has 1 aromatic carbocycles. The molecule has 0 spiro atoms. The highest BCUT2D eigenvalue weighted by Crippen LogP contribution is 2.20. The van der Waals surface area contributed by atoms with Crippen molar-refractivity contribution in [3.05, 3.63) is 29.6 Å².